The Kier molecular flexibility index (Phi) is 11.2. The number of halogens is 1. The van der Waals surface area contributed by atoms with Crippen LogP contribution in [0.2, 0.25) is 5.02 Å². The van der Waals surface area contributed by atoms with Gasteiger partial charge in [0.05, 0.1) is 10.6 Å². The van der Waals surface area contributed by atoms with E-state index in [1.54, 1.807) is 55.5 Å². The first-order valence-electron chi connectivity index (χ1n) is 13.5. The Morgan fingerprint density at radius 1 is 0.925 bits per heavy atom. The molecule has 214 valence electrons. The van der Waals surface area contributed by atoms with Crippen molar-refractivity contribution in [2.24, 2.45) is 0 Å². The number of rotatable bonds is 13. The highest BCUT2D eigenvalue weighted by molar-refractivity contribution is 7.92. The van der Waals surface area contributed by atoms with E-state index in [9.17, 15) is 18.0 Å². The molecular weight excluding hydrogens is 546 g/mol. The van der Waals surface area contributed by atoms with Crippen LogP contribution in [0.1, 0.15) is 57.6 Å². The van der Waals surface area contributed by atoms with Crippen LogP contribution in [-0.4, -0.2) is 44.3 Å². The maximum Gasteiger partial charge on any atom is 0.264 e. The quantitative estimate of drug-likeness (QED) is 0.250. The van der Waals surface area contributed by atoms with Crippen molar-refractivity contribution in [3.63, 3.8) is 0 Å². The zero-order valence-corrected chi connectivity index (χ0v) is 25.1. The van der Waals surface area contributed by atoms with E-state index < -0.39 is 28.5 Å². The molecule has 0 aliphatic rings. The molecule has 1 N–H and O–H groups in total. The Balaban J connectivity index is 2.00. The number of anilines is 1. The number of hydrogen-bond donors (Lipinski definition) is 1. The summed E-state index contributed by atoms with van der Waals surface area (Å²) in [6.07, 6.45) is 1.73. The Labute approximate surface area is 243 Å². The number of sulfonamides is 1. The number of amides is 2. The minimum Gasteiger partial charge on any atom is -0.354 e. The van der Waals surface area contributed by atoms with E-state index in [0.717, 1.165) is 28.3 Å². The molecule has 0 fully saturated rings. The van der Waals surface area contributed by atoms with E-state index in [4.69, 9.17) is 11.6 Å². The van der Waals surface area contributed by atoms with E-state index in [2.05, 4.69) is 19.2 Å². The molecule has 3 rings (SSSR count). The fourth-order valence-corrected chi connectivity index (χ4v) is 5.87. The summed E-state index contributed by atoms with van der Waals surface area (Å²) in [4.78, 5) is 28.5. The maximum absolute atomic E-state index is 14.0. The van der Waals surface area contributed by atoms with Crippen molar-refractivity contribution in [2.45, 2.75) is 63.9 Å². The van der Waals surface area contributed by atoms with Gasteiger partial charge in [0, 0.05) is 18.1 Å². The molecule has 0 aromatic heterocycles. The van der Waals surface area contributed by atoms with Crippen LogP contribution >= 0.6 is 11.6 Å². The first kappa shape index (κ1) is 31.2. The third-order valence-electron chi connectivity index (χ3n) is 6.70. The van der Waals surface area contributed by atoms with Gasteiger partial charge in [-0.2, -0.15) is 0 Å². The lowest BCUT2D eigenvalue weighted by Crippen LogP contribution is -2.51. The van der Waals surface area contributed by atoms with Crippen LogP contribution in [0.15, 0.2) is 83.8 Å². The zero-order valence-electron chi connectivity index (χ0n) is 23.5. The predicted molar refractivity (Wildman–Crippen MR) is 161 cm³/mol. The second-order valence-corrected chi connectivity index (χ2v) is 12.3. The van der Waals surface area contributed by atoms with Crippen molar-refractivity contribution >= 4 is 39.1 Å². The standard InChI is InChI=1S/C31H38ClN3O4S/c1-5-6-19-33-31(37)24(4)34(21-25-11-10-12-27(32)20-25)30(36)22-35(28-17-15-26(16-18-28)23(2)3)40(38,39)29-13-8-7-9-14-29/h7-18,20,23-24H,5-6,19,21-22H2,1-4H3,(H,33,37). The fourth-order valence-electron chi connectivity index (χ4n) is 4.22. The minimum absolute atomic E-state index is 0.0717. The van der Waals surface area contributed by atoms with Crippen LogP contribution in [0.5, 0.6) is 0 Å². The highest BCUT2D eigenvalue weighted by atomic mass is 35.5. The predicted octanol–water partition coefficient (Wildman–Crippen LogP) is 5.99. The van der Waals surface area contributed by atoms with Crippen LogP contribution in [0, 0.1) is 0 Å². The van der Waals surface area contributed by atoms with Crippen LogP contribution in [0.4, 0.5) is 5.69 Å². The van der Waals surface area contributed by atoms with Gasteiger partial charge in [0.15, 0.2) is 0 Å². The molecule has 3 aromatic rings. The van der Waals surface area contributed by atoms with Crippen molar-refractivity contribution < 1.29 is 18.0 Å². The van der Waals surface area contributed by atoms with E-state index in [-0.39, 0.29) is 23.3 Å². The van der Waals surface area contributed by atoms with Crippen LogP contribution in [-0.2, 0) is 26.2 Å². The monoisotopic (exact) mass is 583 g/mol. The van der Waals surface area contributed by atoms with Gasteiger partial charge in [0.1, 0.15) is 12.6 Å². The van der Waals surface area contributed by atoms with Crippen LogP contribution in [0.25, 0.3) is 0 Å². The Morgan fingerprint density at radius 2 is 1.60 bits per heavy atom. The van der Waals surface area contributed by atoms with Gasteiger partial charge in [-0.25, -0.2) is 8.42 Å². The molecule has 0 heterocycles. The van der Waals surface area contributed by atoms with Gasteiger partial charge in [0.2, 0.25) is 11.8 Å². The van der Waals surface area contributed by atoms with Crippen molar-refractivity contribution in [1.29, 1.82) is 0 Å². The van der Waals surface area contributed by atoms with Gasteiger partial charge in [-0.3, -0.25) is 13.9 Å². The summed E-state index contributed by atoms with van der Waals surface area (Å²) in [5.41, 5.74) is 2.14. The summed E-state index contributed by atoms with van der Waals surface area (Å²) in [6.45, 7) is 7.89. The largest absolute Gasteiger partial charge is 0.354 e. The molecule has 1 atom stereocenters. The average Bonchev–Trinajstić information content (AvgIpc) is 2.94. The second-order valence-electron chi connectivity index (χ2n) is 10.0. The third-order valence-corrected chi connectivity index (χ3v) is 8.72. The fraction of sp³-hybridized carbons (Fsp3) is 0.355. The van der Waals surface area contributed by atoms with Gasteiger partial charge in [-0.05, 0) is 66.8 Å². The summed E-state index contributed by atoms with van der Waals surface area (Å²) < 4.78 is 28.8. The number of benzene rings is 3. The topological polar surface area (TPSA) is 86.8 Å². The van der Waals surface area contributed by atoms with Crippen LogP contribution in [0.3, 0.4) is 0 Å². The minimum atomic E-state index is -4.09. The molecule has 0 aliphatic heterocycles. The summed E-state index contributed by atoms with van der Waals surface area (Å²) in [7, 11) is -4.09. The number of hydrogen-bond acceptors (Lipinski definition) is 4. The summed E-state index contributed by atoms with van der Waals surface area (Å²) in [5.74, 6) is -0.553. The second kappa shape index (κ2) is 14.3. The molecule has 0 saturated carbocycles. The number of unbranched alkanes of at least 4 members (excludes halogenated alkanes) is 1. The Bertz CT molecular complexity index is 1380. The lowest BCUT2D eigenvalue weighted by molar-refractivity contribution is -0.139. The first-order chi connectivity index (χ1) is 19.0. The van der Waals surface area contributed by atoms with Crippen molar-refractivity contribution in [3.8, 4) is 0 Å². The molecule has 1 unspecified atom stereocenters. The molecule has 2 amide bonds. The highest BCUT2D eigenvalue weighted by Crippen LogP contribution is 2.26. The van der Waals surface area contributed by atoms with Gasteiger partial charge in [-0.15, -0.1) is 0 Å². The van der Waals surface area contributed by atoms with Crippen molar-refractivity contribution in [3.05, 3.63) is 95.0 Å². The van der Waals surface area contributed by atoms with Gasteiger partial charge < -0.3 is 10.2 Å². The number of nitrogens with zero attached hydrogens (tertiary/aromatic N) is 2. The van der Waals surface area contributed by atoms with Gasteiger partial charge in [0.25, 0.3) is 10.0 Å². The maximum atomic E-state index is 14.0. The highest BCUT2D eigenvalue weighted by Gasteiger charge is 2.32. The van der Waals surface area contributed by atoms with Crippen LogP contribution < -0.4 is 9.62 Å². The molecule has 9 heteroatoms. The number of nitrogens with one attached hydrogen (secondary N) is 1. The molecule has 7 nitrogen and oxygen atoms in total. The van der Waals surface area contributed by atoms with E-state index in [1.807, 2.05) is 25.1 Å². The molecule has 40 heavy (non-hydrogen) atoms. The molecule has 0 saturated heterocycles. The smallest absolute Gasteiger partial charge is 0.264 e. The summed E-state index contributed by atoms with van der Waals surface area (Å²) in [5, 5.41) is 3.39. The average molecular weight is 584 g/mol. The molecular formula is C31H38ClN3O4S. The van der Waals surface area contributed by atoms with Crippen molar-refractivity contribution in [1.82, 2.24) is 10.2 Å². The third kappa shape index (κ3) is 8.08. The molecule has 0 bridgehead atoms. The number of carbonyl (C=O) groups excluding carboxylic acids is 2. The van der Waals surface area contributed by atoms with E-state index in [1.165, 1.54) is 17.0 Å². The first-order valence-corrected chi connectivity index (χ1v) is 15.4. The Hall–Kier alpha value is -3.36. The SMILES string of the molecule is CCCCNC(=O)C(C)N(Cc1cccc(Cl)c1)C(=O)CN(c1ccc(C(C)C)cc1)S(=O)(=O)c1ccccc1. The summed E-state index contributed by atoms with van der Waals surface area (Å²) in [6, 6.07) is 21.4. The lowest BCUT2D eigenvalue weighted by Gasteiger charge is -2.32. The molecule has 3 aromatic carbocycles. The zero-order chi connectivity index (χ0) is 29.3. The molecule has 0 spiro atoms. The normalized spacial score (nSPS) is 12.2. The van der Waals surface area contributed by atoms with E-state index in [0.29, 0.717) is 17.3 Å². The van der Waals surface area contributed by atoms with Gasteiger partial charge >= 0.3 is 0 Å². The van der Waals surface area contributed by atoms with E-state index >= 15 is 0 Å². The van der Waals surface area contributed by atoms with Crippen molar-refractivity contribution in [2.75, 3.05) is 17.4 Å². The Morgan fingerprint density at radius 3 is 2.20 bits per heavy atom. The lowest BCUT2D eigenvalue weighted by atomic mass is 10.0. The van der Waals surface area contributed by atoms with Gasteiger partial charge in [-0.1, -0.05) is 81.3 Å². The molecule has 0 radical (unpaired) electrons. The summed E-state index contributed by atoms with van der Waals surface area (Å²) >= 11 is 6.19. The molecule has 0 aliphatic carbocycles. The number of carbonyl (C=O) groups is 2.